The molecule has 0 spiro atoms. The summed E-state index contributed by atoms with van der Waals surface area (Å²) in [5.41, 5.74) is 27.6. The summed E-state index contributed by atoms with van der Waals surface area (Å²) >= 11 is 0. The van der Waals surface area contributed by atoms with Gasteiger partial charge in [-0.2, -0.15) is 0 Å². The fourth-order valence-electron chi connectivity index (χ4n) is 4.77. The van der Waals surface area contributed by atoms with Gasteiger partial charge < -0.3 is 34.3 Å². The van der Waals surface area contributed by atoms with Crippen molar-refractivity contribution in [1.29, 1.82) is 0 Å². The lowest BCUT2D eigenvalue weighted by molar-refractivity contribution is -0.368. The summed E-state index contributed by atoms with van der Waals surface area (Å²) in [4.78, 5) is 8.17. The summed E-state index contributed by atoms with van der Waals surface area (Å²) in [7, 11) is 0. The van der Waals surface area contributed by atoms with Crippen molar-refractivity contribution in [3.8, 4) is 0 Å². The molecule has 2 heterocycles. The second kappa shape index (κ2) is 11.3. The average Bonchev–Trinajstić information content (AvgIpc) is 2.88. The Morgan fingerprint density at radius 2 is 1.50 bits per heavy atom. The molecule has 1 aliphatic carbocycles. The van der Waals surface area contributed by atoms with Gasteiger partial charge in [-0.15, -0.1) is 0 Å². The SMILES string of the molecule is CC1OC(c2ccccc2)O[C@@H]2C1O[C@H](O[C@@H]1C(N=[N+]=[N-])C[C@@H](N=[N+]=[N-])C(O)[C@H]1O)C(N=[N+]=[N-])[C@H]2O. The van der Waals surface area contributed by atoms with Crippen LogP contribution in [0.15, 0.2) is 45.7 Å². The standard InChI is InChI=1S/C20H25N9O7/c1-8-16-18(36-19(33-8)9-5-3-2-4-6-9)14(31)12(26-29-23)20(34-16)35-17-11(25-28-22)7-10(24-27-21)13(30)15(17)32/h2-6,8,10-20,30-32H,7H2,1H3/t8?,10-,11?,12?,13?,14-,15-,16?,17-,18+,19?,20-/m1/s1. The van der Waals surface area contributed by atoms with Crippen LogP contribution < -0.4 is 0 Å². The zero-order valence-electron chi connectivity index (χ0n) is 19.0. The van der Waals surface area contributed by atoms with Gasteiger partial charge >= 0.3 is 0 Å². The maximum atomic E-state index is 11.1. The van der Waals surface area contributed by atoms with E-state index in [1.165, 1.54) is 0 Å². The fraction of sp³-hybridized carbons (Fsp3) is 0.700. The number of hydrogen-bond acceptors (Lipinski definition) is 10. The number of fused-ring (bicyclic) bond motifs is 1. The van der Waals surface area contributed by atoms with Crippen LogP contribution in [0.1, 0.15) is 25.2 Å². The van der Waals surface area contributed by atoms with E-state index in [1.54, 1.807) is 19.1 Å². The fourth-order valence-corrected chi connectivity index (χ4v) is 4.77. The quantitative estimate of drug-likeness (QED) is 0.296. The maximum Gasteiger partial charge on any atom is 0.184 e. The Kier molecular flexibility index (Phi) is 8.14. The van der Waals surface area contributed by atoms with Crippen LogP contribution in [0.25, 0.3) is 31.3 Å². The van der Waals surface area contributed by atoms with E-state index in [-0.39, 0.29) is 6.42 Å². The number of ether oxygens (including phenoxy) is 4. The van der Waals surface area contributed by atoms with Crippen molar-refractivity contribution in [3.05, 3.63) is 67.2 Å². The van der Waals surface area contributed by atoms with E-state index in [0.29, 0.717) is 0 Å². The molecule has 6 unspecified atom stereocenters. The minimum absolute atomic E-state index is 0.119. The molecule has 2 saturated heterocycles. The summed E-state index contributed by atoms with van der Waals surface area (Å²) in [6.07, 6.45) is -10.6. The average molecular weight is 503 g/mol. The molecule has 16 heteroatoms. The van der Waals surface area contributed by atoms with Crippen molar-refractivity contribution in [2.45, 2.75) is 86.8 Å². The molecule has 0 bridgehead atoms. The van der Waals surface area contributed by atoms with Crippen molar-refractivity contribution in [2.24, 2.45) is 15.3 Å². The molecule has 2 aliphatic heterocycles. The number of aliphatic hydroxyl groups excluding tert-OH is 3. The zero-order chi connectivity index (χ0) is 25.8. The number of benzene rings is 1. The van der Waals surface area contributed by atoms with E-state index in [1.807, 2.05) is 18.2 Å². The summed E-state index contributed by atoms with van der Waals surface area (Å²) in [6.45, 7) is 1.72. The monoisotopic (exact) mass is 503 g/mol. The van der Waals surface area contributed by atoms with Gasteiger partial charge in [0.15, 0.2) is 12.6 Å². The predicted molar refractivity (Wildman–Crippen MR) is 120 cm³/mol. The van der Waals surface area contributed by atoms with Gasteiger partial charge in [-0.25, -0.2) is 0 Å². The van der Waals surface area contributed by atoms with Crippen LogP contribution in [0.4, 0.5) is 0 Å². The van der Waals surface area contributed by atoms with Crippen LogP contribution in [-0.4, -0.2) is 82.5 Å². The highest BCUT2D eigenvalue weighted by Gasteiger charge is 2.54. The number of hydrogen-bond donors (Lipinski definition) is 3. The van der Waals surface area contributed by atoms with Gasteiger partial charge in [-0.3, -0.25) is 0 Å². The summed E-state index contributed by atoms with van der Waals surface area (Å²) in [5, 5.41) is 42.9. The molecule has 0 aromatic heterocycles. The lowest BCUT2D eigenvalue weighted by atomic mass is 9.84. The first-order valence-electron chi connectivity index (χ1n) is 11.2. The Bertz CT molecular complexity index is 1060. The van der Waals surface area contributed by atoms with Crippen molar-refractivity contribution in [2.75, 3.05) is 0 Å². The molecule has 1 aromatic carbocycles. The van der Waals surface area contributed by atoms with Crippen LogP contribution in [0, 0.1) is 0 Å². The Morgan fingerprint density at radius 1 is 0.833 bits per heavy atom. The first-order valence-corrected chi connectivity index (χ1v) is 11.2. The Morgan fingerprint density at radius 3 is 2.17 bits per heavy atom. The minimum atomic E-state index is -1.64. The predicted octanol–water partition coefficient (Wildman–Crippen LogP) is 2.12. The van der Waals surface area contributed by atoms with Gasteiger partial charge in [0.2, 0.25) is 0 Å². The maximum absolute atomic E-state index is 11.1. The first kappa shape index (κ1) is 25.9. The van der Waals surface area contributed by atoms with E-state index >= 15 is 0 Å². The highest BCUT2D eigenvalue weighted by atomic mass is 16.8. The van der Waals surface area contributed by atoms with Crippen molar-refractivity contribution >= 4 is 0 Å². The van der Waals surface area contributed by atoms with Crippen LogP contribution in [0.2, 0.25) is 0 Å². The van der Waals surface area contributed by atoms with Gasteiger partial charge in [-0.05, 0) is 29.9 Å². The third kappa shape index (κ3) is 5.05. The lowest BCUT2D eigenvalue weighted by Crippen LogP contribution is -2.65. The number of aliphatic hydroxyl groups is 3. The summed E-state index contributed by atoms with van der Waals surface area (Å²) < 4.78 is 23.8. The molecular weight excluding hydrogens is 478 g/mol. The number of nitrogens with zero attached hydrogens (tertiary/aromatic N) is 9. The molecule has 1 saturated carbocycles. The summed E-state index contributed by atoms with van der Waals surface area (Å²) in [6, 6.07) is 5.64. The molecule has 0 amide bonds. The first-order chi connectivity index (χ1) is 17.4. The van der Waals surface area contributed by atoms with E-state index in [0.717, 1.165) is 5.56 Å². The molecule has 3 N–H and O–H groups in total. The molecular formula is C20H25N9O7. The van der Waals surface area contributed by atoms with E-state index < -0.39 is 73.4 Å². The second-order valence-electron chi connectivity index (χ2n) is 8.70. The van der Waals surface area contributed by atoms with Crippen LogP contribution in [0.5, 0.6) is 0 Å². The minimum Gasteiger partial charge on any atom is -0.390 e. The van der Waals surface area contributed by atoms with Gasteiger partial charge in [0, 0.05) is 20.3 Å². The topological polar surface area (TPSA) is 244 Å². The normalized spacial score (nSPS) is 42.1. The van der Waals surface area contributed by atoms with Crippen molar-refractivity contribution < 1.29 is 34.3 Å². The van der Waals surface area contributed by atoms with Gasteiger partial charge in [0.1, 0.15) is 24.4 Å². The Labute approximate surface area is 204 Å². The number of rotatable bonds is 6. The molecule has 12 atom stereocenters. The van der Waals surface area contributed by atoms with E-state index in [9.17, 15) is 15.3 Å². The van der Waals surface area contributed by atoms with Crippen molar-refractivity contribution in [1.82, 2.24) is 0 Å². The molecule has 1 aromatic rings. The molecule has 192 valence electrons. The third-order valence-electron chi connectivity index (χ3n) is 6.55. The van der Waals surface area contributed by atoms with Gasteiger partial charge in [0.05, 0.1) is 36.5 Å². The van der Waals surface area contributed by atoms with Gasteiger partial charge in [0.25, 0.3) is 0 Å². The highest BCUT2D eigenvalue weighted by Crippen LogP contribution is 2.39. The Balaban J connectivity index is 1.58. The van der Waals surface area contributed by atoms with E-state index in [4.69, 9.17) is 35.5 Å². The summed E-state index contributed by atoms with van der Waals surface area (Å²) in [5.74, 6) is 0. The van der Waals surface area contributed by atoms with Crippen molar-refractivity contribution in [3.63, 3.8) is 0 Å². The second-order valence-corrected chi connectivity index (χ2v) is 8.70. The van der Waals surface area contributed by atoms with Gasteiger partial charge in [-0.1, -0.05) is 45.7 Å². The molecule has 3 fully saturated rings. The Hall–Kier alpha value is -3.13. The third-order valence-corrected chi connectivity index (χ3v) is 6.55. The largest absolute Gasteiger partial charge is 0.390 e. The lowest BCUT2D eigenvalue weighted by Gasteiger charge is -2.50. The van der Waals surface area contributed by atoms with Crippen LogP contribution in [-0.2, 0) is 18.9 Å². The highest BCUT2D eigenvalue weighted by molar-refractivity contribution is 5.17. The van der Waals surface area contributed by atoms with E-state index in [2.05, 4.69) is 30.1 Å². The molecule has 4 rings (SSSR count). The number of azide groups is 3. The molecule has 16 nitrogen and oxygen atoms in total. The molecule has 3 aliphatic rings. The molecule has 36 heavy (non-hydrogen) atoms. The zero-order valence-corrected chi connectivity index (χ0v) is 19.0. The smallest absolute Gasteiger partial charge is 0.184 e. The molecule has 0 radical (unpaired) electrons. The van der Waals surface area contributed by atoms with Crippen LogP contribution >= 0.6 is 0 Å². The van der Waals surface area contributed by atoms with Crippen LogP contribution in [0.3, 0.4) is 0 Å².